The molecule has 0 radical (unpaired) electrons. The van der Waals surface area contributed by atoms with Gasteiger partial charge >= 0.3 is 0 Å². The molecule has 0 spiro atoms. The Morgan fingerprint density at radius 1 is 1.32 bits per heavy atom. The number of hydrogen-bond acceptors (Lipinski definition) is 4. The number of nitrogens with zero attached hydrogens (tertiary/aromatic N) is 2. The lowest BCUT2D eigenvalue weighted by atomic mass is 10.1. The van der Waals surface area contributed by atoms with Crippen LogP contribution < -0.4 is 11.1 Å². The first-order chi connectivity index (χ1) is 9.19. The van der Waals surface area contributed by atoms with Crippen LogP contribution in [0.5, 0.6) is 0 Å². The van der Waals surface area contributed by atoms with E-state index in [-0.39, 0.29) is 11.9 Å². The third kappa shape index (κ3) is 3.72. The number of aromatic nitrogens is 2. The van der Waals surface area contributed by atoms with Gasteiger partial charge in [-0.15, -0.1) is 0 Å². The van der Waals surface area contributed by atoms with E-state index in [4.69, 9.17) is 5.73 Å². The molecule has 0 fully saturated rings. The zero-order valence-corrected chi connectivity index (χ0v) is 11.0. The van der Waals surface area contributed by atoms with Crippen molar-refractivity contribution in [2.75, 3.05) is 5.32 Å². The monoisotopic (exact) mass is 258 g/mol. The lowest BCUT2D eigenvalue weighted by molar-refractivity contribution is -0.116. The number of amides is 1. The summed E-state index contributed by atoms with van der Waals surface area (Å²) in [5, 5.41) is 2.84. The first-order valence-electron chi connectivity index (χ1n) is 6.45. The summed E-state index contributed by atoms with van der Waals surface area (Å²) in [5.74, 6) is -0.0656. The Morgan fingerprint density at radius 2 is 2.05 bits per heavy atom. The Balaban J connectivity index is 2.02. The molecule has 1 atom stereocenters. The van der Waals surface area contributed by atoms with E-state index in [1.54, 1.807) is 12.4 Å². The fraction of sp³-hybridized carbons (Fsp3) is 0.357. The summed E-state index contributed by atoms with van der Waals surface area (Å²) in [6.45, 7) is 2.06. The Bertz CT molecular complexity index is 570. The Kier molecular flexibility index (Phi) is 4.41. The summed E-state index contributed by atoms with van der Waals surface area (Å²) < 4.78 is 0. The number of nitrogens with one attached hydrogen (secondary N) is 1. The minimum atomic E-state index is -0.0785. The maximum Gasteiger partial charge on any atom is 0.225 e. The van der Waals surface area contributed by atoms with Gasteiger partial charge in [0.15, 0.2) is 0 Å². The van der Waals surface area contributed by atoms with Gasteiger partial charge in [-0.25, -0.2) is 0 Å². The van der Waals surface area contributed by atoms with Crippen LogP contribution in [0.3, 0.4) is 0 Å². The molecule has 2 rings (SSSR count). The second-order valence-corrected chi connectivity index (χ2v) is 4.56. The first kappa shape index (κ1) is 13.4. The highest BCUT2D eigenvalue weighted by molar-refractivity contribution is 5.93. The van der Waals surface area contributed by atoms with Gasteiger partial charge < -0.3 is 11.1 Å². The van der Waals surface area contributed by atoms with Crippen LogP contribution in [0.4, 0.5) is 5.69 Å². The third-order valence-corrected chi connectivity index (χ3v) is 2.86. The van der Waals surface area contributed by atoms with E-state index >= 15 is 0 Å². The van der Waals surface area contributed by atoms with E-state index < -0.39 is 0 Å². The van der Waals surface area contributed by atoms with E-state index in [1.807, 2.05) is 18.2 Å². The average Bonchev–Trinajstić information content (AvgIpc) is 2.38. The van der Waals surface area contributed by atoms with Crippen LogP contribution in [0, 0.1) is 0 Å². The standard InChI is InChI=1S/C14H18N4O/c1-2-3-10(15)8-14(19)18-11-4-5-12-13(9-11)17-7-6-16-12/h4-7,9-10H,2-3,8,15H2,1H3,(H,18,19). The molecule has 3 N–H and O–H groups in total. The first-order valence-corrected chi connectivity index (χ1v) is 6.45. The molecule has 0 aliphatic carbocycles. The molecule has 5 heteroatoms. The SMILES string of the molecule is CCCC(N)CC(=O)Nc1ccc2nccnc2c1. The van der Waals surface area contributed by atoms with E-state index in [1.165, 1.54) is 0 Å². The highest BCUT2D eigenvalue weighted by atomic mass is 16.1. The zero-order valence-electron chi connectivity index (χ0n) is 11.0. The van der Waals surface area contributed by atoms with Gasteiger partial charge in [-0.2, -0.15) is 0 Å². The fourth-order valence-electron chi connectivity index (χ4n) is 1.96. The van der Waals surface area contributed by atoms with E-state index in [9.17, 15) is 4.79 Å². The number of nitrogens with two attached hydrogens (primary N) is 1. The summed E-state index contributed by atoms with van der Waals surface area (Å²) >= 11 is 0. The second kappa shape index (κ2) is 6.24. The summed E-state index contributed by atoms with van der Waals surface area (Å²) in [6, 6.07) is 5.39. The average molecular weight is 258 g/mol. The molecule has 1 aromatic carbocycles. The Labute approximate surface area is 112 Å². The molecule has 1 unspecified atom stereocenters. The van der Waals surface area contributed by atoms with Crippen LogP contribution in [0.25, 0.3) is 11.0 Å². The van der Waals surface area contributed by atoms with Crippen molar-refractivity contribution in [1.29, 1.82) is 0 Å². The molecule has 0 aliphatic rings. The molecular weight excluding hydrogens is 240 g/mol. The van der Waals surface area contributed by atoms with Gasteiger partial charge in [-0.1, -0.05) is 13.3 Å². The number of hydrogen-bond donors (Lipinski definition) is 2. The van der Waals surface area contributed by atoms with Gasteiger partial charge in [0, 0.05) is 30.5 Å². The zero-order chi connectivity index (χ0) is 13.7. The molecule has 100 valence electrons. The van der Waals surface area contributed by atoms with Crippen LogP contribution in [-0.2, 0) is 4.79 Å². The van der Waals surface area contributed by atoms with Crippen LogP contribution in [-0.4, -0.2) is 21.9 Å². The molecule has 19 heavy (non-hydrogen) atoms. The normalized spacial score (nSPS) is 12.3. The lowest BCUT2D eigenvalue weighted by Gasteiger charge is -2.10. The maximum absolute atomic E-state index is 11.8. The maximum atomic E-state index is 11.8. The molecule has 0 saturated carbocycles. The second-order valence-electron chi connectivity index (χ2n) is 4.56. The highest BCUT2D eigenvalue weighted by Gasteiger charge is 2.09. The van der Waals surface area contributed by atoms with Crippen molar-refractivity contribution >= 4 is 22.6 Å². The molecule has 5 nitrogen and oxygen atoms in total. The van der Waals surface area contributed by atoms with Crippen molar-refractivity contribution in [2.45, 2.75) is 32.2 Å². The minimum absolute atomic E-state index is 0.0656. The number of carbonyl (C=O) groups is 1. The van der Waals surface area contributed by atoms with Gasteiger partial charge in [0.25, 0.3) is 0 Å². The predicted molar refractivity (Wildman–Crippen MR) is 75.7 cm³/mol. The van der Waals surface area contributed by atoms with Crippen molar-refractivity contribution < 1.29 is 4.79 Å². The van der Waals surface area contributed by atoms with Gasteiger partial charge in [-0.05, 0) is 24.6 Å². The van der Waals surface area contributed by atoms with Crippen molar-refractivity contribution in [3.05, 3.63) is 30.6 Å². The summed E-state index contributed by atoms with van der Waals surface area (Å²) in [5.41, 5.74) is 8.14. The van der Waals surface area contributed by atoms with E-state index in [2.05, 4.69) is 22.2 Å². The van der Waals surface area contributed by atoms with Crippen LogP contribution in [0.1, 0.15) is 26.2 Å². The topological polar surface area (TPSA) is 80.9 Å². The molecule has 1 heterocycles. The smallest absolute Gasteiger partial charge is 0.225 e. The summed E-state index contributed by atoms with van der Waals surface area (Å²) in [7, 11) is 0. The highest BCUT2D eigenvalue weighted by Crippen LogP contribution is 2.15. The van der Waals surface area contributed by atoms with Gasteiger partial charge in [-0.3, -0.25) is 14.8 Å². The van der Waals surface area contributed by atoms with Gasteiger partial charge in [0.1, 0.15) is 0 Å². The van der Waals surface area contributed by atoms with Crippen molar-refractivity contribution in [1.82, 2.24) is 9.97 Å². The van der Waals surface area contributed by atoms with Crippen molar-refractivity contribution in [3.63, 3.8) is 0 Å². The summed E-state index contributed by atoms with van der Waals surface area (Å²) in [6.07, 6.45) is 5.46. The Morgan fingerprint density at radius 3 is 2.79 bits per heavy atom. The quantitative estimate of drug-likeness (QED) is 0.860. The molecule has 0 saturated heterocycles. The molecular formula is C14H18N4O. The number of rotatable bonds is 5. The van der Waals surface area contributed by atoms with E-state index in [0.29, 0.717) is 6.42 Å². The van der Waals surface area contributed by atoms with Gasteiger partial charge in [0.05, 0.1) is 11.0 Å². The number of anilines is 1. The van der Waals surface area contributed by atoms with Gasteiger partial charge in [0.2, 0.25) is 5.91 Å². The number of carbonyl (C=O) groups excluding carboxylic acids is 1. The van der Waals surface area contributed by atoms with Crippen molar-refractivity contribution in [2.24, 2.45) is 5.73 Å². The Hall–Kier alpha value is -2.01. The largest absolute Gasteiger partial charge is 0.327 e. The van der Waals surface area contributed by atoms with Crippen molar-refractivity contribution in [3.8, 4) is 0 Å². The lowest BCUT2D eigenvalue weighted by Crippen LogP contribution is -2.26. The predicted octanol–water partition coefficient (Wildman–Crippen LogP) is 2.09. The molecule has 1 amide bonds. The molecule has 0 aliphatic heterocycles. The third-order valence-electron chi connectivity index (χ3n) is 2.86. The van der Waals surface area contributed by atoms with Crippen LogP contribution in [0.2, 0.25) is 0 Å². The molecule has 0 bridgehead atoms. The minimum Gasteiger partial charge on any atom is -0.327 e. The number of fused-ring (bicyclic) bond motifs is 1. The fourth-order valence-corrected chi connectivity index (χ4v) is 1.96. The molecule has 2 aromatic rings. The van der Waals surface area contributed by atoms with Crippen LogP contribution in [0.15, 0.2) is 30.6 Å². The number of benzene rings is 1. The molecule has 1 aromatic heterocycles. The van der Waals surface area contributed by atoms with Crippen LogP contribution >= 0.6 is 0 Å². The summed E-state index contributed by atoms with van der Waals surface area (Å²) in [4.78, 5) is 20.2. The van der Waals surface area contributed by atoms with E-state index in [0.717, 1.165) is 29.6 Å².